The Morgan fingerprint density at radius 3 is 2.28 bits per heavy atom. The third-order valence-electron chi connectivity index (χ3n) is 9.02. The quantitative estimate of drug-likeness (QED) is 0.188. The Hall–Kier alpha value is -4.31. The fourth-order valence-electron chi connectivity index (χ4n) is 7.43. The molecule has 4 aliphatic carbocycles. The third kappa shape index (κ3) is 2.48. The minimum Gasteiger partial charge on any atom is -0.507 e. The van der Waals surface area contributed by atoms with Gasteiger partial charge in [0.05, 0.1) is 28.2 Å². The average Bonchev–Trinajstić information content (AvgIpc) is 3.22. The number of phenolic OH excluding ortho intramolecular Hbond substituents is 3. The Balaban J connectivity index is 1.55. The lowest BCUT2D eigenvalue weighted by Crippen LogP contribution is -2.68. The molecule has 9 nitrogen and oxygen atoms in total. The van der Waals surface area contributed by atoms with Crippen LogP contribution in [0.25, 0.3) is 0 Å². The number of fused-ring (bicyclic) bond motifs is 6. The van der Waals surface area contributed by atoms with E-state index >= 15 is 0 Å². The van der Waals surface area contributed by atoms with Crippen molar-refractivity contribution in [2.45, 2.75) is 37.1 Å². The van der Waals surface area contributed by atoms with Crippen LogP contribution in [0.4, 0.5) is 0 Å². The van der Waals surface area contributed by atoms with E-state index < -0.39 is 63.7 Å². The van der Waals surface area contributed by atoms with Crippen molar-refractivity contribution in [1.29, 1.82) is 0 Å². The Kier molecular flexibility index (Phi) is 4.39. The van der Waals surface area contributed by atoms with Crippen molar-refractivity contribution in [2.75, 3.05) is 0 Å². The number of phenols is 3. The van der Waals surface area contributed by atoms with E-state index in [0.29, 0.717) is 11.1 Å². The summed E-state index contributed by atoms with van der Waals surface area (Å²) in [5.74, 6) is -4.81. The predicted octanol–water partition coefficient (Wildman–Crippen LogP) is 2.11. The van der Waals surface area contributed by atoms with E-state index in [0.717, 1.165) is 0 Å². The van der Waals surface area contributed by atoms with Crippen LogP contribution in [0.15, 0.2) is 48.6 Å². The van der Waals surface area contributed by atoms with E-state index in [1.54, 1.807) is 6.92 Å². The maximum atomic E-state index is 13.9. The van der Waals surface area contributed by atoms with Gasteiger partial charge in [-0.3, -0.25) is 14.4 Å². The maximum absolute atomic E-state index is 13.9. The van der Waals surface area contributed by atoms with Crippen molar-refractivity contribution < 1.29 is 45.0 Å². The number of hydrogen-bond acceptors (Lipinski definition) is 9. The standard InChI is InChI=1S/C30H22O9/c1-11-7-14-22(17(32)8-11)28(38)30(39)19(34)6-5-15-20-12(10-29(15,30)27(14)37)9-18(33)23-24(20)25(35)13-3-2-4-16(31)21(13)26(23)36/h2-9,15,19,27,31-34,37,39H,10H2,1H3/t15-,19-,27+,29+,30?/m1/s1. The molecule has 0 aliphatic heterocycles. The van der Waals surface area contributed by atoms with Gasteiger partial charge >= 0.3 is 0 Å². The number of allylic oxidation sites excluding steroid dienone is 1. The van der Waals surface area contributed by atoms with Crippen LogP contribution >= 0.6 is 0 Å². The number of hydrogen-bond donors (Lipinski definition) is 6. The number of aromatic hydroxyl groups is 3. The molecule has 4 aliphatic rings. The van der Waals surface area contributed by atoms with Gasteiger partial charge in [-0.2, -0.15) is 0 Å². The predicted molar refractivity (Wildman–Crippen MR) is 134 cm³/mol. The van der Waals surface area contributed by atoms with Gasteiger partial charge in [0.2, 0.25) is 11.6 Å². The summed E-state index contributed by atoms with van der Waals surface area (Å²) >= 11 is 0. The molecule has 0 bridgehead atoms. The molecule has 5 atom stereocenters. The first-order valence-electron chi connectivity index (χ1n) is 12.4. The van der Waals surface area contributed by atoms with Gasteiger partial charge in [-0.1, -0.05) is 30.4 Å². The Morgan fingerprint density at radius 2 is 1.54 bits per heavy atom. The molecule has 0 radical (unpaired) electrons. The van der Waals surface area contributed by atoms with Crippen LogP contribution in [0, 0.1) is 12.3 Å². The fraction of sp³-hybridized carbons (Fsp3) is 0.233. The second-order valence-corrected chi connectivity index (χ2v) is 10.8. The van der Waals surface area contributed by atoms with Crippen LogP contribution in [-0.4, -0.2) is 59.7 Å². The zero-order valence-corrected chi connectivity index (χ0v) is 20.5. The summed E-state index contributed by atoms with van der Waals surface area (Å²) in [5.41, 5.74) is -4.36. The second kappa shape index (κ2) is 7.20. The van der Waals surface area contributed by atoms with E-state index in [1.165, 1.54) is 48.6 Å². The zero-order chi connectivity index (χ0) is 27.8. The van der Waals surface area contributed by atoms with Crippen LogP contribution in [0.1, 0.15) is 76.5 Å². The highest BCUT2D eigenvalue weighted by Gasteiger charge is 2.72. The molecular formula is C30H22O9. The van der Waals surface area contributed by atoms with Gasteiger partial charge in [0.25, 0.3) is 0 Å². The van der Waals surface area contributed by atoms with Gasteiger partial charge in [0, 0.05) is 17.0 Å². The van der Waals surface area contributed by atoms with Gasteiger partial charge in [0.15, 0.2) is 11.4 Å². The van der Waals surface area contributed by atoms with E-state index in [1.807, 2.05) is 0 Å². The number of aliphatic hydroxyl groups is 3. The molecule has 6 N–H and O–H groups in total. The first-order valence-corrected chi connectivity index (χ1v) is 12.4. The molecule has 7 rings (SSSR count). The van der Waals surface area contributed by atoms with Crippen LogP contribution in [0.5, 0.6) is 17.2 Å². The summed E-state index contributed by atoms with van der Waals surface area (Å²) in [7, 11) is 0. The molecule has 0 amide bonds. The topological polar surface area (TPSA) is 173 Å². The molecule has 0 saturated carbocycles. The van der Waals surface area contributed by atoms with Gasteiger partial charge in [-0.25, -0.2) is 0 Å². The van der Waals surface area contributed by atoms with Crippen molar-refractivity contribution in [3.63, 3.8) is 0 Å². The molecule has 3 aromatic rings. The summed E-state index contributed by atoms with van der Waals surface area (Å²) in [4.78, 5) is 41.3. The zero-order valence-electron chi connectivity index (χ0n) is 20.5. The number of Topliss-reactive ketones (excluding diaryl/α,β-unsaturated/α-hetero) is 1. The van der Waals surface area contributed by atoms with Crippen LogP contribution in [-0.2, 0) is 6.42 Å². The highest BCUT2D eigenvalue weighted by molar-refractivity contribution is 6.31. The molecular weight excluding hydrogens is 504 g/mol. The largest absolute Gasteiger partial charge is 0.507 e. The number of aliphatic hydroxyl groups excluding tert-OH is 2. The molecule has 0 fully saturated rings. The highest BCUT2D eigenvalue weighted by atomic mass is 16.4. The normalized spacial score (nSPS) is 29.7. The Morgan fingerprint density at radius 1 is 0.821 bits per heavy atom. The van der Waals surface area contributed by atoms with Gasteiger partial charge < -0.3 is 30.6 Å². The lowest BCUT2D eigenvalue weighted by molar-refractivity contribution is -0.171. The monoisotopic (exact) mass is 526 g/mol. The number of ketones is 3. The average molecular weight is 526 g/mol. The number of carbonyl (C=O) groups excluding carboxylic acids is 3. The number of aryl methyl sites for hydroxylation is 1. The van der Waals surface area contributed by atoms with Crippen molar-refractivity contribution in [3.05, 3.63) is 98.6 Å². The van der Waals surface area contributed by atoms with E-state index in [2.05, 4.69) is 0 Å². The Labute approximate surface area is 220 Å². The molecule has 0 heterocycles. The summed E-state index contributed by atoms with van der Waals surface area (Å²) in [6, 6.07) is 8.17. The van der Waals surface area contributed by atoms with Crippen LogP contribution in [0.2, 0.25) is 0 Å². The van der Waals surface area contributed by atoms with Crippen molar-refractivity contribution in [2.24, 2.45) is 5.41 Å². The van der Waals surface area contributed by atoms with E-state index in [-0.39, 0.29) is 45.4 Å². The summed E-state index contributed by atoms with van der Waals surface area (Å²) in [6.45, 7) is 1.66. The molecule has 196 valence electrons. The first-order chi connectivity index (χ1) is 18.4. The van der Waals surface area contributed by atoms with Gasteiger partial charge in [-0.15, -0.1) is 0 Å². The lowest BCUT2D eigenvalue weighted by Gasteiger charge is -2.56. The summed E-state index contributed by atoms with van der Waals surface area (Å²) in [5, 5.41) is 67.0. The molecule has 9 heteroatoms. The molecule has 0 aromatic heterocycles. The number of rotatable bonds is 0. The molecule has 1 unspecified atom stereocenters. The minimum atomic E-state index is -2.62. The van der Waals surface area contributed by atoms with Crippen LogP contribution in [0.3, 0.4) is 0 Å². The third-order valence-corrected chi connectivity index (χ3v) is 9.02. The molecule has 0 saturated heterocycles. The number of carbonyl (C=O) groups is 3. The highest BCUT2D eigenvalue weighted by Crippen LogP contribution is 2.67. The number of benzene rings is 3. The Bertz CT molecular complexity index is 1750. The van der Waals surface area contributed by atoms with Crippen molar-refractivity contribution in [3.8, 4) is 17.2 Å². The molecule has 1 spiro atoms. The summed E-state index contributed by atoms with van der Waals surface area (Å²) < 4.78 is 0. The smallest absolute Gasteiger partial charge is 0.202 e. The van der Waals surface area contributed by atoms with Gasteiger partial charge in [-0.05, 0) is 53.8 Å². The van der Waals surface area contributed by atoms with Crippen molar-refractivity contribution >= 4 is 17.3 Å². The van der Waals surface area contributed by atoms with Crippen LogP contribution < -0.4 is 0 Å². The minimum absolute atomic E-state index is 0.0671. The van der Waals surface area contributed by atoms with Crippen molar-refractivity contribution in [1.82, 2.24) is 0 Å². The molecule has 3 aromatic carbocycles. The molecule has 39 heavy (non-hydrogen) atoms. The summed E-state index contributed by atoms with van der Waals surface area (Å²) in [6.07, 6.45) is -0.899. The first kappa shape index (κ1) is 23.8. The van der Waals surface area contributed by atoms with E-state index in [4.69, 9.17) is 0 Å². The SMILES string of the molecule is Cc1cc(O)c2c(c1)[C@H](O)[C@]13Cc4cc(O)c5c(c4[C@H]1C=C[C@@H](O)C3(O)C2=O)C(=O)c1cccc(O)c1C5=O. The lowest BCUT2D eigenvalue weighted by atomic mass is 9.50. The maximum Gasteiger partial charge on any atom is 0.202 e. The fourth-order valence-corrected chi connectivity index (χ4v) is 7.43. The second-order valence-electron chi connectivity index (χ2n) is 10.8. The van der Waals surface area contributed by atoms with Gasteiger partial charge in [0.1, 0.15) is 23.4 Å². The van der Waals surface area contributed by atoms with E-state index in [9.17, 15) is 45.0 Å².